The molecule has 3 N–H and O–H groups in total. The third-order valence-corrected chi connectivity index (χ3v) is 4.05. The lowest BCUT2D eigenvalue weighted by Gasteiger charge is -2.35. The number of hydrogen-bond acceptors (Lipinski definition) is 3. The molecule has 1 aliphatic carbocycles. The number of oxime groups is 1. The molecule has 1 aliphatic heterocycles. The summed E-state index contributed by atoms with van der Waals surface area (Å²) in [6.07, 6.45) is 3.78. The molecule has 2 atom stereocenters. The van der Waals surface area contributed by atoms with Gasteiger partial charge in [-0.2, -0.15) is 0 Å². The molecule has 0 aromatic heterocycles. The second-order valence-corrected chi connectivity index (χ2v) is 5.81. The van der Waals surface area contributed by atoms with Gasteiger partial charge >= 0.3 is 0 Å². The molecule has 2 fully saturated rings. The third-order valence-electron chi connectivity index (χ3n) is 4.05. The van der Waals surface area contributed by atoms with Crippen LogP contribution in [0.1, 0.15) is 39.5 Å². The molecule has 2 unspecified atom stereocenters. The van der Waals surface area contributed by atoms with Crippen molar-refractivity contribution in [2.45, 2.75) is 45.6 Å². The molecule has 0 bridgehead atoms. The normalized spacial score (nSPS) is 32.4. The van der Waals surface area contributed by atoms with Crippen molar-refractivity contribution in [1.82, 2.24) is 4.90 Å². The molecule has 1 saturated heterocycles. The van der Waals surface area contributed by atoms with E-state index in [-0.39, 0.29) is 29.1 Å². The SMILES string of the molecule is CC1(C)CC1C(=O)N1CCCCC1C(N)=NO. The molecular weight excluding hydrogens is 218 g/mol. The number of hydrogen-bond donors (Lipinski definition) is 2. The van der Waals surface area contributed by atoms with Gasteiger partial charge in [-0.25, -0.2) is 0 Å². The number of carbonyl (C=O) groups is 1. The Hall–Kier alpha value is -1.26. The van der Waals surface area contributed by atoms with Gasteiger partial charge < -0.3 is 15.8 Å². The van der Waals surface area contributed by atoms with Gasteiger partial charge in [0.2, 0.25) is 5.91 Å². The van der Waals surface area contributed by atoms with Gasteiger partial charge in [-0.3, -0.25) is 4.79 Å². The van der Waals surface area contributed by atoms with E-state index in [9.17, 15) is 4.79 Å². The average molecular weight is 239 g/mol. The van der Waals surface area contributed by atoms with E-state index in [1.165, 1.54) is 0 Å². The zero-order valence-electron chi connectivity index (χ0n) is 10.5. The quantitative estimate of drug-likeness (QED) is 0.328. The molecule has 5 nitrogen and oxygen atoms in total. The molecule has 2 rings (SSSR count). The van der Waals surface area contributed by atoms with Crippen molar-refractivity contribution in [2.24, 2.45) is 22.2 Å². The topological polar surface area (TPSA) is 78.9 Å². The Balaban J connectivity index is 2.09. The Labute approximate surface area is 102 Å². The highest BCUT2D eigenvalue weighted by atomic mass is 16.4. The van der Waals surface area contributed by atoms with Crippen LogP contribution in [0.3, 0.4) is 0 Å². The Morgan fingerprint density at radius 1 is 1.47 bits per heavy atom. The smallest absolute Gasteiger partial charge is 0.226 e. The maximum atomic E-state index is 12.3. The van der Waals surface area contributed by atoms with Gasteiger partial charge in [0.25, 0.3) is 0 Å². The molecule has 0 aromatic rings. The zero-order chi connectivity index (χ0) is 12.6. The summed E-state index contributed by atoms with van der Waals surface area (Å²) in [5.74, 6) is 0.456. The highest BCUT2D eigenvalue weighted by Gasteiger charge is 2.53. The van der Waals surface area contributed by atoms with Crippen molar-refractivity contribution < 1.29 is 10.0 Å². The van der Waals surface area contributed by atoms with Gasteiger partial charge in [0.05, 0.1) is 6.04 Å². The molecule has 0 spiro atoms. The summed E-state index contributed by atoms with van der Waals surface area (Å²) in [6.45, 7) is 4.95. The largest absolute Gasteiger partial charge is 0.409 e. The number of carbonyl (C=O) groups excluding carboxylic acids is 1. The van der Waals surface area contributed by atoms with Crippen molar-refractivity contribution in [3.63, 3.8) is 0 Å². The summed E-state index contributed by atoms with van der Waals surface area (Å²) in [5.41, 5.74) is 5.80. The van der Waals surface area contributed by atoms with Crippen molar-refractivity contribution in [1.29, 1.82) is 0 Å². The standard InChI is InChI=1S/C12H21N3O2/c1-12(2)7-8(12)11(16)15-6-4-3-5-9(15)10(13)14-17/h8-9,17H,3-7H2,1-2H3,(H2,13,14). The van der Waals surface area contributed by atoms with E-state index in [0.29, 0.717) is 0 Å². The van der Waals surface area contributed by atoms with Crippen LogP contribution in [-0.4, -0.2) is 34.4 Å². The fraction of sp³-hybridized carbons (Fsp3) is 0.833. The molecule has 2 aliphatic rings. The second kappa shape index (κ2) is 4.20. The Kier molecular flexibility index (Phi) is 3.02. The van der Waals surface area contributed by atoms with Crippen molar-refractivity contribution in [3.8, 4) is 0 Å². The number of rotatable bonds is 2. The molecule has 0 radical (unpaired) electrons. The summed E-state index contributed by atoms with van der Waals surface area (Å²) >= 11 is 0. The molecule has 96 valence electrons. The van der Waals surface area contributed by atoms with E-state index in [0.717, 1.165) is 32.2 Å². The van der Waals surface area contributed by atoms with Crippen LogP contribution in [0.4, 0.5) is 0 Å². The fourth-order valence-corrected chi connectivity index (χ4v) is 2.66. The maximum Gasteiger partial charge on any atom is 0.226 e. The lowest BCUT2D eigenvalue weighted by Crippen LogP contribution is -2.51. The number of likely N-dealkylation sites (tertiary alicyclic amines) is 1. The number of piperidine rings is 1. The van der Waals surface area contributed by atoms with Gasteiger partial charge in [0.1, 0.15) is 0 Å². The van der Waals surface area contributed by atoms with Crippen LogP contribution < -0.4 is 5.73 Å². The van der Waals surface area contributed by atoms with Crippen LogP contribution >= 0.6 is 0 Å². The second-order valence-electron chi connectivity index (χ2n) is 5.81. The molecule has 1 heterocycles. The maximum absolute atomic E-state index is 12.3. The average Bonchev–Trinajstić information content (AvgIpc) is 2.96. The van der Waals surface area contributed by atoms with Gasteiger partial charge in [-0.1, -0.05) is 19.0 Å². The number of amidine groups is 1. The fourth-order valence-electron chi connectivity index (χ4n) is 2.66. The van der Waals surface area contributed by atoms with E-state index in [2.05, 4.69) is 19.0 Å². The van der Waals surface area contributed by atoms with E-state index in [4.69, 9.17) is 10.9 Å². The van der Waals surface area contributed by atoms with Crippen LogP contribution in [0.15, 0.2) is 5.16 Å². The monoisotopic (exact) mass is 239 g/mol. The van der Waals surface area contributed by atoms with E-state index < -0.39 is 0 Å². The molecule has 1 amide bonds. The van der Waals surface area contributed by atoms with E-state index in [1.54, 1.807) is 4.90 Å². The summed E-state index contributed by atoms with van der Waals surface area (Å²) in [6, 6.07) is -0.211. The zero-order valence-corrected chi connectivity index (χ0v) is 10.5. The van der Waals surface area contributed by atoms with Gasteiger partial charge in [0, 0.05) is 12.5 Å². The van der Waals surface area contributed by atoms with Crippen LogP contribution in [0.2, 0.25) is 0 Å². The minimum Gasteiger partial charge on any atom is -0.409 e. The number of amides is 1. The molecule has 17 heavy (non-hydrogen) atoms. The first-order chi connectivity index (χ1) is 7.97. The number of nitrogens with two attached hydrogens (primary N) is 1. The highest BCUT2D eigenvalue weighted by Crippen LogP contribution is 2.52. The predicted molar refractivity (Wildman–Crippen MR) is 64.6 cm³/mol. The van der Waals surface area contributed by atoms with Crippen molar-refractivity contribution in [2.75, 3.05) is 6.54 Å². The lowest BCUT2D eigenvalue weighted by molar-refractivity contribution is -0.135. The third kappa shape index (κ3) is 2.23. The number of nitrogens with zero attached hydrogens (tertiary/aromatic N) is 2. The van der Waals surface area contributed by atoms with Crippen LogP contribution in [0.25, 0.3) is 0 Å². The Morgan fingerprint density at radius 3 is 2.65 bits per heavy atom. The minimum absolute atomic E-state index is 0.120. The molecule has 1 saturated carbocycles. The molecular formula is C12H21N3O2. The first kappa shape index (κ1) is 12.2. The van der Waals surface area contributed by atoms with Crippen LogP contribution in [-0.2, 0) is 4.79 Å². The van der Waals surface area contributed by atoms with E-state index >= 15 is 0 Å². The Morgan fingerprint density at radius 2 is 2.12 bits per heavy atom. The molecule has 0 aromatic carbocycles. The van der Waals surface area contributed by atoms with Crippen molar-refractivity contribution >= 4 is 11.7 Å². The van der Waals surface area contributed by atoms with Gasteiger partial charge in [-0.05, 0) is 31.1 Å². The summed E-state index contributed by atoms with van der Waals surface area (Å²) in [7, 11) is 0. The predicted octanol–water partition coefficient (Wildman–Crippen LogP) is 1.16. The van der Waals surface area contributed by atoms with Gasteiger partial charge in [0.15, 0.2) is 5.84 Å². The van der Waals surface area contributed by atoms with Crippen LogP contribution in [0, 0.1) is 11.3 Å². The minimum atomic E-state index is -0.211. The van der Waals surface area contributed by atoms with Gasteiger partial charge in [-0.15, -0.1) is 0 Å². The van der Waals surface area contributed by atoms with E-state index in [1.807, 2.05) is 0 Å². The first-order valence-corrected chi connectivity index (χ1v) is 6.25. The summed E-state index contributed by atoms with van der Waals surface area (Å²) in [5, 5.41) is 11.8. The molecule has 5 heteroatoms. The van der Waals surface area contributed by atoms with Crippen molar-refractivity contribution in [3.05, 3.63) is 0 Å². The first-order valence-electron chi connectivity index (χ1n) is 6.25. The van der Waals surface area contributed by atoms with Crippen LogP contribution in [0.5, 0.6) is 0 Å². The Bertz CT molecular complexity index is 352. The summed E-state index contributed by atoms with van der Waals surface area (Å²) in [4.78, 5) is 14.1. The highest BCUT2D eigenvalue weighted by molar-refractivity contribution is 5.91. The summed E-state index contributed by atoms with van der Waals surface area (Å²) < 4.78 is 0. The lowest BCUT2D eigenvalue weighted by atomic mass is 9.99.